The van der Waals surface area contributed by atoms with Gasteiger partial charge in [-0.2, -0.15) is 0 Å². The smallest absolute Gasteiger partial charge is 0.357 e. The fourth-order valence-electron chi connectivity index (χ4n) is 2.42. The van der Waals surface area contributed by atoms with Gasteiger partial charge in [0.25, 0.3) is 0 Å². The number of aromatic nitrogens is 1. The first-order chi connectivity index (χ1) is 8.27. The first-order valence-corrected chi connectivity index (χ1v) is 7.06. The number of thiazole rings is 1. The molecule has 5 heteroatoms. The third kappa shape index (κ3) is 3.43. The summed E-state index contributed by atoms with van der Waals surface area (Å²) >= 11 is 1.36. The summed E-state index contributed by atoms with van der Waals surface area (Å²) in [4.78, 5) is 14.7. The van der Waals surface area contributed by atoms with Crippen molar-refractivity contribution in [1.82, 2.24) is 4.98 Å². The minimum atomic E-state index is -0.954. The molecule has 4 nitrogen and oxygen atoms in total. The van der Waals surface area contributed by atoms with E-state index in [9.17, 15) is 4.79 Å². The average Bonchev–Trinajstić information content (AvgIpc) is 2.95. The van der Waals surface area contributed by atoms with Crippen molar-refractivity contribution in [3.8, 4) is 0 Å². The largest absolute Gasteiger partial charge is 0.476 e. The Hall–Kier alpha value is -1.10. The maximum absolute atomic E-state index is 10.8. The summed E-state index contributed by atoms with van der Waals surface area (Å²) < 4.78 is 0. The molecule has 0 radical (unpaired) electrons. The number of rotatable bonds is 6. The lowest BCUT2D eigenvalue weighted by Gasteiger charge is -2.09. The molecule has 0 aliphatic heterocycles. The predicted molar refractivity (Wildman–Crippen MR) is 68.8 cm³/mol. The second kappa shape index (κ2) is 6.00. The van der Waals surface area contributed by atoms with E-state index < -0.39 is 5.97 Å². The summed E-state index contributed by atoms with van der Waals surface area (Å²) in [6, 6.07) is 0. The van der Waals surface area contributed by atoms with E-state index in [1.165, 1.54) is 43.4 Å². The van der Waals surface area contributed by atoms with E-state index in [0.717, 1.165) is 18.9 Å². The Morgan fingerprint density at radius 3 is 3.00 bits per heavy atom. The highest BCUT2D eigenvalue weighted by Gasteiger charge is 2.15. The molecular formula is C12H18N2O2S. The molecule has 0 spiro atoms. The highest BCUT2D eigenvalue weighted by atomic mass is 32.1. The molecule has 2 rings (SSSR count). The minimum absolute atomic E-state index is 0.149. The van der Waals surface area contributed by atoms with E-state index in [4.69, 9.17) is 5.11 Å². The van der Waals surface area contributed by atoms with Gasteiger partial charge in [0.1, 0.15) is 5.00 Å². The van der Waals surface area contributed by atoms with Crippen molar-refractivity contribution in [3.05, 3.63) is 11.2 Å². The van der Waals surface area contributed by atoms with Crippen LogP contribution in [-0.2, 0) is 0 Å². The molecule has 1 fully saturated rings. The van der Waals surface area contributed by atoms with Crippen LogP contribution in [-0.4, -0.2) is 22.6 Å². The van der Waals surface area contributed by atoms with Crippen molar-refractivity contribution in [2.45, 2.75) is 38.5 Å². The van der Waals surface area contributed by atoms with E-state index >= 15 is 0 Å². The van der Waals surface area contributed by atoms with Gasteiger partial charge in [0.15, 0.2) is 5.69 Å². The van der Waals surface area contributed by atoms with Crippen molar-refractivity contribution in [1.29, 1.82) is 0 Å². The number of carboxylic acid groups (broad SMARTS) is 1. The maximum atomic E-state index is 10.8. The Kier molecular flexibility index (Phi) is 4.36. The van der Waals surface area contributed by atoms with Gasteiger partial charge in [0.05, 0.1) is 5.51 Å². The quantitative estimate of drug-likeness (QED) is 0.765. The number of carboxylic acids is 1. The Balaban J connectivity index is 1.70. The molecule has 17 heavy (non-hydrogen) atoms. The molecule has 1 aromatic heterocycles. The Bertz CT molecular complexity index is 372. The lowest BCUT2D eigenvalue weighted by Crippen LogP contribution is -2.07. The number of hydrogen-bond donors (Lipinski definition) is 2. The summed E-state index contributed by atoms with van der Waals surface area (Å²) in [5.74, 6) is -0.0539. The molecule has 1 aromatic rings. The molecule has 94 valence electrons. The van der Waals surface area contributed by atoms with Gasteiger partial charge in [-0.3, -0.25) is 0 Å². The molecule has 1 aliphatic carbocycles. The zero-order chi connectivity index (χ0) is 12.1. The van der Waals surface area contributed by atoms with Crippen LogP contribution in [0.25, 0.3) is 0 Å². The van der Waals surface area contributed by atoms with Crippen molar-refractivity contribution >= 4 is 22.3 Å². The van der Waals surface area contributed by atoms with Crippen molar-refractivity contribution in [2.75, 3.05) is 11.9 Å². The van der Waals surface area contributed by atoms with Gasteiger partial charge in [0, 0.05) is 6.54 Å². The zero-order valence-electron chi connectivity index (χ0n) is 9.82. The van der Waals surface area contributed by atoms with Gasteiger partial charge in [-0.15, -0.1) is 11.3 Å². The van der Waals surface area contributed by atoms with Gasteiger partial charge < -0.3 is 10.4 Å². The first kappa shape index (κ1) is 12.4. The summed E-state index contributed by atoms with van der Waals surface area (Å²) in [6.45, 7) is 0.846. The lowest BCUT2D eigenvalue weighted by atomic mass is 10.0. The first-order valence-electron chi connectivity index (χ1n) is 6.18. The fraction of sp³-hybridized carbons (Fsp3) is 0.667. The minimum Gasteiger partial charge on any atom is -0.476 e. The van der Waals surface area contributed by atoms with Gasteiger partial charge in [-0.25, -0.2) is 9.78 Å². The Morgan fingerprint density at radius 2 is 2.29 bits per heavy atom. The van der Waals surface area contributed by atoms with Crippen molar-refractivity contribution in [2.24, 2.45) is 5.92 Å². The summed E-state index contributed by atoms with van der Waals surface area (Å²) in [6.07, 6.45) is 7.89. The highest BCUT2D eigenvalue weighted by molar-refractivity contribution is 7.14. The third-order valence-corrected chi connectivity index (χ3v) is 4.10. The second-order valence-corrected chi connectivity index (χ2v) is 5.41. The Morgan fingerprint density at radius 1 is 1.53 bits per heavy atom. The highest BCUT2D eigenvalue weighted by Crippen LogP contribution is 2.28. The number of anilines is 1. The molecule has 1 heterocycles. The molecule has 0 atom stereocenters. The molecule has 1 saturated carbocycles. The van der Waals surface area contributed by atoms with E-state index in [1.54, 1.807) is 5.51 Å². The summed E-state index contributed by atoms with van der Waals surface area (Å²) in [7, 11) is 0. The molecule has 2 N–H and O–H groups in total. The van der Waals surface area contributed by atoms with Gasteiger partial charge in [0.2, 0.25) is 0 Å². The molecule has 0 aromatic carbocycles. The average molecular weight is 254 g/mol. The van der Waals surface area contributed by atoms with Crippen LogP contribution in [0.2, 0.25) is 0 Å². The van der Waals surface area contributed by atoms with Crippen LogP contribution >= 0.6 is 11.3 Å². The second-order valence-electron chi connectivity index (χ2n) is 4.55. The van der Waals surface area contributed by atoms with Gasteiger partial charge in [-0.1, -0.05) is 25.7 Å². The molecule has 1 aliphatic rings. The van der Waals surface area contributed by atoms with E-state index in [-0.39, 0.29) is 5.69 Å². The van der Waals surface area contributed by atoms with Crippen molar-refractivity contribution < 1.29 is 9.90 Å². The van der Waals surface area contributed by atoms with Crippen LogP contribution in [0.15, 0.2) is 5.51 Å². The topological polar surface area (TPSA) is 62.2 Å². The van der Waals surface area contributed by atoms with Crippen LogP contribution in [0, 0.1) is 5.92 Å². The molecule has 0 bridgehead atoms. The van der Waals surface area contributed by atoms with Crippen LogP contribution in [0.5, 0.6) is 0 Å². The maximum Gasteiger partial charge on any atom is 0.357 e. The number of aromatic carboxylic acids is 1. The van der Waals surface area contributed by atoms with Crippen molar-refractivity contribution in [3.63, 3.8) is 0 Å². The molecular weight excluding hydrogens is 236 g/mol. The number of nitrogens with one attached hydrogen (secondary N) is 1. The summed E-state index contributed by atoms with van der Waals surface area (Å²) in [5, 5.41) is 12.7. The van der Waals surface area contributed by atoms with Crippen LogP contribution in [0.3, 0.4) is 0 Å². The normalized spacial score (nSPS) is 16.2. The molecule has 0 unspecified atom stereocenters. The molecule has 0 saturated heterocycles. The molecule has 0 amide bonds. The third-order valence-electron chi connectivity index (χ3n) is 3.32. The summed E-state index contributed by atoms with van der Waals surface area (Å²) in [5.41, 5.74) is 1.72. The van der Waals surface area contributed by atoms with E-state index in [1.807, 2.05) is 0 Å². The fourth-order valence-corrected chi connectivity index (χ4v) is 3.12. The zero-order valence-corrected chi connectivity index (χ0v) is 10.6. The van der Waals surface area contributed by atoms with Crippen LogP contribution < -0.4 is 5.32 Å². The number of hydrogen-bond acceptors (Lipinski definition) is 4. The van der Waals surface area contributed by atoms with Crippen LogP contribution in [0.4, 0.5) is 5.00 Å². The monoisotopic (exact) mass is 254 g/mol. The number of nitrogens with zero attached hydrogens (tertiary/aromatic N) is 1. The van der Waals surface area contributed by atoms with E-state index in [2.05, 4.69) is 10.3 Å². The predicted octanol–water partition coefficient (Wildman–Crippen LogP) is 3.22. The SMILES string of the molecule is O=C(O)c1ncsc1NCCCC1CCCC1. The standard InChI is InChI=1S/C12H18N2O2S/c15-12(16)10-11(17-8-14-10)13-7-3-6-9-4-1-2-5-9/h8-9,13H,1-7H2,(H,15,16). The van der Waals surface area contributed by atoms with Gasteiger partial charge >= 0.3 is 5.97 Å². The van der Waals surface area contributed by atoms with Gasteiger partial charge in [-0.05, 0) is 18.8 Å². The Labute approximate surface area is 105 Å². The van der Waals surface area contributed by atoms with E-state index in [0.29, 0.717) is 5.00 Å². The number of carbonyl (C=O) groups is 1. The lowest BCUT2D eigenvalue weighted by molar-refractivity contribution is 0.0692. The van der Waals surface area contributed by atoms with Crippen LogP contribution in [0.1, 0.15) is 49.0 Å².